The van der Waals surface area contributed by atoms with E-state index in [-0.39, 0.29) is 30.4 Å². The number of nitrogens with one attached hydrogen (secondary N) is 1. The van der Waals surface area contributed by atoms with E-state index in [0.717, 1.165) is 0 Å². The minimum atomic E-state index is -0.713. The molecule has 102 valence electrons. The zero-order valence-corrected chi connectivity index (χ0v) is 11.0. The smallest absolute Gasteiger partial charge is 0.222 e. The molecule has 0 spiro atoms. The van der Waals surface area contributed by atoms with Crippen molar-refractivity contribution in [3.63, 3.8) is 0 Å². The number of aliphatic hydroxyl groups excluding tert-OH is 1. The number of carbonyl (C=O) groups excluding carboxylic acids is 1. The van der Waals surface area contributed by atoms with Gasteiger partial charge in [0.1, 0.15) is 5.82 Å². The van der Waals surface area contributed by atoms with E-state index in [0.29, 0.717) is 5.56 Å². The topological polar surface area (TPSA) is 73.1 Å². The molecular formula is C14H17FN2O2. The molecule has 1 atom stereocenters. The van der Waals surface area contributed by atoms with Gasteiger partial charge < -0.3 is 10.4 Å². The number of hydrogen-bond donors (Lipinski definition) is 2. The van der Waals surface area contributed by atoms with Crippen LogP contribution in [-0.2, 0) is 11.3 Å². The average molecular weight is 264 g/mol. The van der Waals surface area contributed by atoms with Crippen molar-refractivity contribution in [2.24, 2.45) is 5.92 Å². The van der Waals surface area contributed by atoms with Crippen LogP contribution in [0.2, 0.25) is 0 Å². The third-order valence-electron chi connectivity index (χ3n) is 2.81. The van der Waals surface area contributed by atoms with Gasteiger partial charge >= 0.3 is 0 Å². The van der Waals surface area contributed by atoms with Gasteiger partial charge in [0.05, 0.1) is 24.2 Å². The van der Waals surface area contributed by atoms with E-state index < -0.39 is 11.9 Å². The van der Waals surface area contributed by atoms with Crippen LogP contribution in [0.5, 0.6) is 0 Å². The van der Waals surface area contributed by atoms with Crippen LogP contribution in [0.15, 0.2) is 18.2 Å². The summed E-state index contributed by atoms with van der Waals surface area (Å²) in [6.07, 6.45) is -0.729. The Morgan fingerprint density at radius 2 is 2.21 bits per heavy atom. The number of aliphatic hydroxyl groups is 1. The Labute approximate surface area is 111 Å². The third-order valence-corrected chi connectivity index (χ3v) is 2.81. The van der Waals surface area contributed by atoms with Gasteiger partial charge in [0.2, 0.25) is 5.91 Å². The molecule has 0 fully saturated rings. The molecule has 0 aliphatic carbocycles. The van der Waals surface area contributed by atoms with Gasteiger partial charge in [0, 0.05) is 12.1 Å². The number of amides is 1. The molecule has 2 N–H and O–H groups in total. The maximum Gasteiger partial charge on any atom is 0.222 e. The number of hydrogen-bond acceptors (Lipinski definition) is 3. The first kappa shape index (κ1) is 15.1. The van der Waals surface area contributed by atoms with Crippen LogP contribution in [0.4, 0.5) is 4.39 Å². The average Bonchev–Trinajstić information content (AvgIpc) is 2.37. The molecule has 1 amide bonds. The van der Waals surface area contributed by atoms with Crippen molar-refractivity contribution in [2.45, 2.75) is 32.9 Å². The molecule has 0 aliphatic heterocycles. The van der Waals surface area contributed by atoms with Gasteiger partial charge in [-0.25, -0.2) is 4.39 Å². The van der Waals surface area contributed by atoms with E-state index in [1.54, 1.807) is 0 Å². The summed E-state index contributed by atoms with van der Waals surface area (Å²) in [5.41, 5.74) is 0.597. The second-order valence-electron chi connectivity index (χ2n) is 4.71. The third kappa shape index (κ3) is 4.68. The number of benzene rings is 1. The van der Waals surface area contributed by atoms with E-state index in [2.05, 4.69) is 5.32 Å². The highest BCUT2D eigenvalue weighted by Gasteiger charge is 2.14. The lowest BCUT2D eigenvalue weighted by molar-refractivity contribution is -0.123. The molecule has 1 unspecified atom stereocenters. The highest BCUT2D eigenvalue weighted by atomic mass is 19.1. The summed E-state index contributed by atoms with van der Waals surface area (Å²) in [6.45, 7) is 3.63. The maximum atomic E-state index is 13.4. The summed E-state index contributed by atoms with van der Waals surface area (Å²) >= 11 is 0. The number of halogens is 1. The number of nitrogens with zero attached hydrogens (tertiary/aromatic N) is 1. The molecule has 0 bridgehead atoms. The highest BCUT2D eigenvalue weighted by Crippen LogP contribution is 2.10. The van der Waals surface area contributed by atoms with Crippen LogP contribution in [0.25, 0.3) is 0 Å². The van der Waals surface area contributed by atoms with Crippen molar-refractivity contribution >= 4 is 5.91 Å². The van der Waals surface area contributed by atoms with Gasteiger partial charge in [0.25, 0.3) is 0 Å². The fourth-order valence-corrected chi connectivity index (χ4v) is 1.47. The molecule has 1 aromatic carbocycles. The predicted octanol–water partition coefficient (Wildman–Crippen LogP) is 1.72. The molecule has 0 radical (unpaired) electrons. The predicted molar refractivity (Wildman–Crippen MR) is 68.4 cm³/mol. The van der Waals surface area contributed by atoms with Crippen LogP contribution in [0.1, 0.15) is 31.4 Å². The Kier molecular flexibility index (Phi) is 5.46. The van der Waals surface area contributed by atoms with Crippen molar-refractivity contribution < 1.29 is 14.3 Å². The van der Waals surface area contributed by atoms with E-state index in [4.69, 9.17) is 5.26 Å². The van der Waals surface area contributed by atoms with Gasteiger partial charge in [0.15, 0.2) is 0 Å². The van der Waals surface area contributed by atoms with Crippen LogP contribution in [-0.4, -0.2) is 17.1 Å². The Balaban J connectivity index is 2.57. The summed E-state index contributed by atoms with van der Waals surface area (Å²) in [7, 11) is 0. The van der Waals surface area contributed by atoms with Gasteiger partial charge in [-0.15, -0.1) is 0 Å². The van der Waals surface area contributed by atoms with Gasteiger partial charge in [-0.2, -0.15) is 5.26 Å². The fourth-order valence-electron chi connectivity index (χ4n) is 1.47. The highest BCUT2D eigenvalue weighted by molar-refractivity contribution is 5.76. The zero-order chi connectivity index (χ0) is 14.4. The van der Waals surface area contributed by atoms with E-state index >= 15 is 0 Å². The Morgan fingerprint density at radius 3 is 2.79 bits per heavy atom. The van der Waals surface area contributed by atoms with Crippen molar-refractivity contribution in [1.82, 2.24) is 5.32 Å². The van der Waals surface area contributed by atoms with Crippen LogP contribution in [0.3, 0.4) is 0 Å². The van der Waals surface area contributed by atoms with Gasteiger partial charge in [-0.3, -0.25) is 4.79 Å². The SMILES string of the molecule is CC(C)C(O)CC(=O)NCc1cc(C#N)ccc1F. The Hall–Kier alpha value is -1.93. The normalized spacial score (nSPS) is 12.0. The minimum absolute atomic E-state index is 0.00496. The summed E-state index contributed by atoms with van der Waals surface area (Å²) in [6, 6.07) is 5.88. The molecule has 1 rings (SSSR count). The molecule has 19 heavy (non-hydrogen) atoms. The lowest BCUT2D eigenvalue weighted by Crippen LogP contribution is -2.29. The van der Waals surface area contributed by atoms with Crippen molar-refractivity contribution in [3.05, 3.63) is 35.1 Å². The maximum absolute atomic E-state index is 13.4. The zero-order valence-electron chi connectivity index (χ0n) is 11.0. The number of carbonyl (C=O) groups is 1. The van der Waals surface area contributed by atoms with Gasteiger partial charge in [-0.05, 0) is 24.1 Å². The fraction of sp³-hybridized carbons (Fsp3) is 0.429. The standard InChI is InChI=1S/C14H17FN2O2/c1-9(2)13(18)6-14(19)17-8-11-5-10(7-16)3-4-12(11)15/h3-5,9,13,18H,6,8H2,1-2H3,(H,17,19). The first-order valence-corrected chi connectivity index (χ1v) is 6.07. The molecule has 0 aromatic heterocycles. The summed E-state index contributed by atoms with van der Waals surface area (Å²) in [5, 5.41) is 20.8. The minimum Gasteiger partial charge on any atom is -0.392 e. The quantitative estimate of drug-likeness (QED) is 0.850. The van der Waals surface area contributed by atoms with Crippen LogP contribution >= 0.6 is 0 Å². The number of rotatable bonds is 5. The molecule has 0 heterocycles. The van der Waals surface area contributed by atoms with Crippen LogP contribution in [0, 0.1) is 23.1 Å². The lowest BCUT2D eigenvalue weighted by atomic mass is 10.0. The second-order valence-corrected chi connectivity index (χ2v) is 4.71. The summed E-state index contributed by atoms with van der Waals surface area (Å²) in [4.78, 5) is 11.5. The first-order valence-electron chi connectivity index (χ1n) is 6.07. The Morgan fingerprint density at radius 1 is 1.53 bits per heavy atom. The van der Waals surface area contributed by atoms with Crippen LogP contribution < -0.4 is 5.32 Å². The van der Waals surface area contributed by atoms with E-state index in [9.17, 15) is 14.3 Å². The van der Waals surface area contributed by atoms with E-state index in [1.807, 2.05) is 19.9 Å². The number of nitriles is 1. The van der Waals surface area contributed by atoms with Crippen molar-refractivity contribution in [1.29, 1.82) is 5.26 Å². The van der Waals surface area contributed by atoms with Crippen molar-refractivity contribution in [3.8, 4) is 6.07 Å². The lowest BCUT2D eigenvalue weighted by Gasteiger charge is -2.14. The molecule has 0 aliphatic rings. The molecular weight excluding hydrogens is 247 g/mol. The first-order chi connectivity index (χ1) is 8.93. The molecule has 5 heteroatoms. The second kappa shape index (κ2) is 6.86. The summed E-state index contributed by atoms with van der Waals surface area (Å²) < 4.78 is 13.4. The molecule has 1 aromatic rings. The Bertz CT molecular complexity index is 495. The van der Waals surface area contributed by atoms with Crippen molar-refractivity contribution in [2.75, 3.05) is 0 Å². The molecule has 0 saturated heterocycles. The molecule has 0 saturated carbocycles. The summed E-state index contributed by atoms with van der Waals surface area (Å²) in [5.74, 6) is -0.823. The largest absolute Gasteiger partial charge is 0.392 e. The molecule has 4 nitrogen and oxygen atoms in total. The monoisotopic (exact) mass is 264 g/mol. The van der Waals surface area contributed by atoms with E-state index in [1.165, 1.54) is 18.2 Å². The van der Waals surface area contributed by atoms with Gasteiger partial charge in [-0.1, -0.05) is 13.8 Å².